The molecule has 0 unspecified atom stereocenters. The molecule has 1 atom stereocenters. The first kappa shape index (κ1) is 14.5. The lowest BCUT2D eigenvalue weighted by Crippen LogP contribution is -2.36. The summed E-state index contributed by atoms with van der Waals surface area (Å²) >= 11 is 1.55. The molecule has 18 heavy (non-hydrogen) atoms. The smallest absolute Gasteiger partial charge is 0.334 e. The van der Waals surface area contributed by atoms with Crippen LogP contribution in [-0.2, 0) is 9.59 Å². The number of amides is 1. The second-order valence-electron chi connectivity index (χ2n) is 3.57. The lowest BCUT2D eigenvalue weighted by molar-refractivity contribution is -0.146. The number of nitrogens with one attached hydrogen (secondary N) is 1. The van der Waals surface area contributed by atoms with Gasteiger partial charge < -0.3 is 15.5 Å². The van der Waals surface area contributed by atoms with Gasteiger partial charge in [0.2, 0.25) is 5.91 Å². The van der Waals surface area contributed by atoms with Crippen LogP contribution in [0.25, 0.3) is 0 Å². The summed E-state index contributed by atoms with van der Waals surface area (Å²) in [5.41, 5.74) is 0. The summed E-state index contributed by atoms with van der Waals surface area (Å²) in [4.78, 5) is 22.7. The van der Waals surface area contributed by atoms with E-state index in [0.29, 0.717) is 5.75 Å². The summed E-state index contributed by atoms with van der Waals surface area (Å²) < 4.78 is 0. The number of aliphatic carboxylic acids is 1. The van der Waals surface area contributed by atoms with E-state index in [1.165, 1.54) is 0 Å². The summed E-state index contributed by atoms with van der Waals surface area (Å²) in [6.45, 7) is -0.260. The Morgan fingerprint density at radius 2 is 1.94 bits per heavy atom. The molecule has 1 rings (SSSR count). The summed E-state index contributed by atoms with van der Waals surface area (Å²) in [7, 11) is 0. The maximum Gasteiger partial charge on any atom is 0.334 e. The van der Waals surface area contributed by atoms with Crippen molar-refractivity contribution in [3.05, 3.63) is 30.3 Å². The van der Waals surface area contributed by atoms with Crippen molar-refractivity contribution < 1.29 is 19.8 Å². The first-order chi connectivity index (χ1) is 8.59. The fraction of sp³-hybridized carbons (Fsp3) is 0.333. The summed E-state index contributed by atoms with van der Waals surface area (Å²) in [6.07, 6.45) is -1.26. The maximum absolute atomic E-state index is 11.3. The molecule has 6 heteroatoms. The quantitative estimate of drug-likeness (QED) is 0.635. The van der Waals surface area contributed by atoms with Gasteiger partial charge in [0.25, 0.3) is 0 Å². The highest BCUT2D eigenvalue weighted by molar-refractivity contribution is 7.99. The van der Waals surface area contributed by atoms with Gasteiger partial charge in [-0.05, 0) is 12.1 Å². The molecule has 0 spiro atoms. The van der Waals surface area contributed by atoms with Gasteiger partial charge in [-0.15, -0.1) is 11.8 Å². The molecule has 1 aromatic carbocycles. The average molecular weight is 269 g/mol. The van der Waals surface area contributed by atoms with Crippen LogP contribution in [0.4, 0.5) is 0 Å². The van der Waals surface area contributed by atoms with Crippen molar-refractivity contribution in [3.63, 3.8) is 0 Å². The standard InChI is InChI=1S/C12H15NO4S/c14-10(12(16)17)8-13-11(15)6-7-18-9-4-2-1-3-5-9/h1-5,10,14H,6-8H2,(H,13,15)(H,16,17)/t10-/m0/s1. The SMILES string of the molecule is O=C(CCSc1ccccc1)NC[C@H](O)C(=O)O. The van der Waals surface area contributed by atoms with E-state index < -0.39 is 12.1 Å². The van der Waals surface area contributed by atoms with Crippen LogP contribution in [0.1, 0.15) is 6.42 Å². The molecule has 0 aliphatic rings. The highest BCUT2D eigenvalue weighted by Crippen LogP contribution is 2.17. The summed E-state index contributed by atoms with van der Waals surface area (Å²) in [6, 6.07) is 9.68. The summed E-state index contributed by atoms with van der Waals surface area (Å²) in [5.74, 6) is -0.994. The van der Waals surface area contributed by atoms with Gasteiger partial charge in [0, 0.05) is 17.1 Å². The fourth-order valence-corrected chi connectivity index (χ4v) is 2.04. The number of aliphatic hydroxyl groups is 1. The van der Waals surface area contributed by atoms with E-state index in [4.69, 9.17) is 10.2 Å². The number of carbonyl (C=O) groups is 2. The van der Waals surface area contributed by atoms with Crippen LogP contribution in [0.2, 0.25) is 0 Å². The van der Waals surface area contributed by atoms with Crippen molar-refractivity contribution in [3.8, 4) is 0 Å². The van der Waals surface area contributed by atoms with E-state index in [2.05, 4.69) is 5.32 Å². The van der Waals surface area contributed by atoms with E-state index in [9.17, 15) is 9.59 Å². The third-order valence-electron chi connectivity index (χ3n) is 2.12. The molecule has 0 radical (unpaired) electrons. The number of hydrogen-bond donors (Lipinski definition) is 3. The van der Waals surface area contributed by atoms with Crippen LogP contribution in [0.3, 0.4) is 0 Å². The van der Waals surface area contributed by atoms with Crippen LogP contribution < -0.4 is 5.32 Å². The zero-order valence-corrected chi connectivity index (χ0v) is 10.5. The number of aliphatic hydroxyl groups excluding tert-OH is 1. The van der Waals surface area contributed by atoms with Gasteiger partial charge >= 0.3 is 5.97 Å². The average Bonchev–Trinajstić information content (AvgIpc) is 2.37. The predicted octanol–water partition coefficient (Wildman–Crippen LogP) is 0.731. The molecular weight excluding hydrogens is 254 g/mol. The normalized spacial score (nSPS) is 11.8. The molecule has 0 saturated heterocycles. The number of hydrogen-bond acceptors (Lipinski definition) is 4. The Labute approximate surface area is 109 Å². The second kappa shape index (κ2) is 7.73. The maximum atomic E-state index is 11.3. The first-order valence-corrected chi connectivity index (χ1v) is 6.43. The molecule has 0 fully saturated rings. The Bertz CT molecular complexity index is 396. The number of rotatable bonds is 7. The van der Waals surface area contributed by atoms with E-state index >= 15 is 0 Å². The number of carbonyl (C=O) groups excluding carboxylic acids is 1. The van der Waals surface area contributed by atoms with Gasteiger partial charge in [0.15, 0.2) is 6.10 Å². The highest BCUT2D eigenvalue weighted by Gasteiger charge is 2.13. The van der Waals surface area contributed by atoms with Crippen molar-refractivity contribution in [2.24, 2.45) is 0 Å². The van der Waals surface area contributed by atoms with E-state index in [1.807, 2.05) is 30.3 Å². The molecular formula is C12H15NO4S. The van der Waals surface area contributed by atoms with Gasteiger partial charge in [-0.3, -0.25) is 4.79 Å². The number of thioether (sulfide) groups is 1. The molecule has 1 amide bonds. The van der Waals surface area contributed by atoms with Crippen LogP contribution in [-0.4, -0.2) is 40.5 Å². The van der Waals surface area contributed by atoms with Crippen LogP contribution >= 0.6 is 11.8 Å². The van der Waals surface area contributed by atoms with Crippen LogP contribution in [0.15, 0.2) is 35.2 Å². The summed E-state index contributed by atoms with van der Waals surface area (Å²) in [5, 5.41) is 19.7. The fourth-order valence-electron chi connectivity index (χ4n) is 1.16. The first-order valence-electron chi connectivity index (χ1n) is 5.45. The zero-order valence-electron chi connectivity index (χ0n) is 9.70. The number of carboxylic acid groups (broad SMARTS) is 1. The monoisotopic (exact) mass is 269 g/mol. The molecule has 0 aliphatic heterocycles. The van der Waals surface area contributed by atoms with Crippen molar-refractivity contribution in [2.45, 2.75) is 17.4 Å². The highest BCUT2D eigenvalue weighted by atomic mass is 32.2. The second-order valence-corrected chi connectivity index (χ2v) is 4.74. The number of benzene rings is 1. The molecule has 0 aliphatic carbocycles. The van der Waals surface area contributed by atoms with Crippen LogP contribution in [0, 0.1) is 0 Å². The lowest BCUT2D eigenvalue weighted by atomic mass is 10.3. The minimum absolute atomic E-state index is 0.260. The molecule has 0 heterocycles. The van der Waals surface area contributed by atoms with Crippen LogP contribution in [0.5, 0.6) is 0 Å². The van der Waals surface area contributed by atoms with Crippen molar-refractivity contribution in [1.29, 1.82) is 0 Å². The lowest BCUT2D eigenvalue weighted by Gasteiger charge is -2.07. The minimum Gasteiger partial charge on any atom is -0.479 e. The Kier molecular flexibility index (Phi) is 6.24. The van der Waals surface area contributed by atoms with E-state index in [0.717, 1.165) is 4.90 Å². The Morgan fingerprint density at radius 3 is 2.56 bits per heavy atom. The van der Waals surface area contributed by atoms with Gasteiger partial charge in [-0.1, -0.05) is 18.2 Å². The van der Waals surface area contributed by atoms with E-state index in [-0.39, 0.29) is 18.9 Å². The molecule has 0 aromatic heterocycles. The van der Waals surface area contributed by atoms with Gasteiger partial charge in [0.05, 0.1) is 6.54 Å². The molecule has 3 N–H and O–H groups in total. The molecule has 98 valence electrons. The third-order valence-corrected chi connectivity index (χ3v) is 3.13. The van der Waals surface area contributed by atoms with Crippen molar-refractivity contribution in [2.75, 3.05) is 12.3 Å². The molecule has 5 nitrogen and oxygen atoms in total. The Hall–Kier alpha value is -1.53. The Balaban J connectivity index is 2.16. The largest absolute Gasteiger partial charge is 0.479 e. The van der Waals surface area contributed by atoms with Crippen molar-refractivity contribution in [1.82, 2.24) is 5.32 Å². The van der Waals surface area contributed by atoms with Gasteiger partial charge in [-0.25, -0.2) is 4.79 Å². The topological polar surface area (TPSA) is 86.6 Å². The third kappa shape index (κ3) is 5.70. The molecule has 1 aromatic rings. The van der Waals surface area contributed by atoms with Crippen molar-refractivity contribution >= 4 is 23.6 Å². The molecule has 0 saturated carbocycles. The predicted molar refractivity (Wildman–Crippen MR) is 68.4 cm³/mol. The molecule has 0 bridgehead atoms. The van der Waals surface area contributed by atoms with Gasteiger partial charge in [-0.2, -0.15) is 0 Å². The van der Waals surface area contributed by atoms with E-state index in [1.54, 1.807) is 11.8 Å². The zero-order chi connectivity index (χ0) is 13.4. The number of carboxylic acids is 1. The van der Waals surface area contributed by atoms with Gasteiger partial charge in [0.1, 0.15) is 0 Å². The Morgan fingerprint density at radius 1 is 1.28 bits per heavy atom. The minimum atomic E-state index is -1.55.